The summed E-state index contributed by atoms with van der Waals surface area (Å²) < 4.78 is 4.63. The highest BCUT2D eigenvalue weighted by atomic mass is 16.5. The fraction of sp³-hybridized carbons (Fsp3) is 0.750. The molecule has 0 fully saturated rings. The highest BCUT2D eigenvalue weighted by Gasteiger charge is 1.63. The van der Waals surface area contributed by atoms with Crippen LogP contribution in [0.25, 0.3) is 0 Å². The summed E-state index contributed by atoms with van der Waals surface area (Å²) in [6.07, 6.45) is 1.71. The van der Waals surface area contributed by atoms with Crippen LogP contribution in [-0.2, 0) is 4.74 Å². The third-order valence-corrected chi connectivity index (χ3v) is 0.424. The van der Waals surface area contributed by atoms with Crippen molar-refractivity contribution in [1.29, 1.82) is 0 Å². The van der Waals surface area contributed by atoms with Crippen molar-refractivity contribution >= 4 is 6.21 Å². The lowest BCUT2D eigenvalue weighted by Crippen LogP contribution is -1.86. The molecule has 36 valence electrons. The van der Waals surface area contributed by atoms with Gasteiger partial charge >= 0.3 is 0 Å². The lowest BCUT2D eigenvalue weighted by atomic mass is 10.8. The average molecular weight is 87.1 g/mol. The summed E-state index contributed by atoms with van der Waals surface area (Å²) in [4.78, 5) is 3.68. The molecule has 0 aromatic heterocycles. The van der Waals surface area contributed by atoms with Crippen molar-refractivity contribution in [2.24, 2.45) is 4.99 Å². The molecule has 0 N–H and O–H groups in total. The topological polar surface area (TPSA) is 21.6 Å². The van der Waals surface area contributed by atoms with E-state index in [2.05, 4.69) is 9.73 Å². The van der Waals surface area contributed by atoms with Crippen LogP contribution in [0.5, 0.6) is 0 Å². The molecule has 0 aliphatic rings. The van der Waals surface area contributed by atoms with E-state index < -0.39 is 0 Å². The largest absolute Gasteiger partial charge is 0.379 e. The fourth-order valence-corrected chi connectivity index (χ4v) is 0.149. The van der Waals surface area contributed by atoms with Gasteiger partial charge in [-0.25, -0.2) is 0 Å². The van der Waals surface area contributed by atoms with Crippen molar-refractivity contribution in [2.45, 2.75) is 0 Å². The van der Waals surface area contributed by atoms with Gasteiger partial charge in [-0.3, -0.25) is 4.99 Å². The maximum Gasteiger partial charge on any atom is 0.0810 e. The molecule has 0 saturated carbocycles. The molecular formula is C4H9NO. The molecule has 2 heteroatoms. The van der Waals surface area contributed by atoms with Gasteiger partial charge in [-0.15, -0.1) is 0 Å². The van der Waals surface area contributed by atoms with E-state index in [0.29, 0.717) is 6.61 Å². The predicted octanol–water partition coefficient (Wildman–Crippen LogP) is 0.333. The number of hydrogen-bond donors (Lipinski definition) is 0. The second-order valence-electron chi connectivity index (χ2n) is 0.896. The summed E-state index contributed by atoms with van der Waals surface area (Å²) in [5.41, 5.74) is 0. The molecule has 6 heavy (non-hydrogen) atoms. The van der Waals surface area contributed by atoms with Crippen molar-refractivity contribution in [3.05, 3.63) is 0 Å². The van der Waals surface area contributed by atoms with Crippen LogP contribution in [0.2, 0.25) is 0 Å². The van der Waals surface area contributed by atoms with E-state index in [9.17, 15) is 0 Å². The van der Waals surface area contributed by atoms with Gasteiger partial charge in [0.1, 0.15) is 0 Å². The van der Waals surface area contributed by atoms with Gasteiger partial charge < -0.3 is 4.74 Å². The number of methoxy groups -OCH3 is 1. The standard InChI is InChI=1S/C4H9NO/c1-5-3-4-6-2/h3H,4H2,1-2H3/b5-3-. The molecule has 0 aromatic rings. The Morgan fingerprint density at radius 1 is 1.83 bits per heavy atom. The molecule has 0 spiro atoms. The minimum atomic E-state index is 0.622. The van der Waals surface area contributed by atoms with Crippen LogP contribution in [0.3, 0.4) is 0 Å². The van der Waals surface area contributed by atoms with Gasteiger partial charge in [0.2, 0.25) is 0 Å². The lowest BCUT2D eigenvalue weighted by Gasteiger charge is -1.81. The van der Waals surface area contributed by atoms with E-state index in [4.69, 9.17) is 0 Å². The first-order chi connectivity index (χ1) is 2.91. The second kappa shape index (κ2) is 4.63. The molecule has 0 rings (SSSR count). The van der Waals surface area contributed by atoms with E-state index in [-0.39, 0.29) is 0 Å². The second-order valence-corrected chi connectivity index (χ2v) is 0.896. The minimum Gasteiger partial charge on any atom is -0.379 e. The molecule has 0 amide bonds. The molecule has 0 saturated heterocycles. The first-order valence-electron chi connectivity index (χ1n) is 1.81. The first kappa shape index (κ1) is 5.63. The molecule has 0 unspecified atom stereocenters. The van der Waals surface area contributed by atoms with Crippen molar-refractivity contribution in [3.63, 3.8) is 0 Å². The Morgan fingerprint density at radius 2 is 2.50 bits per heavy atom. The van der Waals surface area contributed by atoms with Crippen molar-refractivity contribution in [1.82, 2.24) is 0 Å². The molecule has 0 aliphatic heterocycles. The summed E-state index contributed by atoms with van der Waals surface area (Å²) in [6.45, 7) is 0.622. The van der Waals surface area contributed by atoms with Crippen molar-refractivity contribution in [3.8, 4) is 0 Å². The average Bonchev–Trinajstić information content (AvgIpc) is 1.61. The fourth-order valence-electron chi connectivity index (χ4n) is 0.149. The highest BCUT2D eigenvalue weighted by molar-refractivity contribution is 5.57. The number of rotatable bonds is 2. The van der Waals surface area contributed by atoms with Crippen LogP contribution in [0.4, 0.5) is 0 Å². The number of aliphatic imine (C=N–C) groups is 1. The normalized spacial score (nSPS) is 10.3. The Morgan fingerprint density at radius 3 is 2.67 bits per heavy atom. The summed E-state index contributed by atoms with van der Waals surface area (Å²) in [7, 11) is 3.36. The van der Waals surface area contributed by atoms with Gasteiger partial charge in [-0.2, -0.15) is 0 Å². The van der Waals surface area contributed by atoms with Gasteiger partial charge in [0.15, 0.2) is 0 Å². The van der Waals surface area contributed by atoms with Crippen LogP contribution >= 0.6 is 0 Å². The zero-order valence-electron chi connectivity index (χ0n) is 4.14. The molecule has 2 nitrogen and oxygen atoms in total. The zero-order valence-corrected chi connectivity index (χ0v) is 4.14. The number of hydrogen-bond acceptors (Lipinski definition) is 2. The van der Waals surface area contributed by atoms with Crippen LogP contribution in [0, 0.1) is 0 Å². The van der Waals surface area contributed by atoms with Gasteiger partial charge in [0.05, 0.1) is 6.61 Å². The molecular weight excluding hydrogens is 78.0 g/mol. The molecule has 0 atom stereocenters. The Labute approximate surface area is 37.8 Å². The summed E-state index contributed by atoms with van der Waals surface area (Å²) >= 11 is 0. The van der Waals surface area contributed by atoms with Gasteiger partial charge in [0.25, 0.3) is 0 Å². The van der Waals surface area contributed by atoms with E-state index in [1.807, 2.05) is 0 Å². The van der Waals surface area contributed by atoms with Crippen LogP contribution in [0.1, 0.15) is 0 Å². The maximum absolute atomic E-state index is 4.63. The Kier molecular flexibility index (Phi) is 4.34. The molecule has 0 heterocycles. The lowest BCUT2D eigenvalue weighted by molar-refractivity contribution is 0.248. The molecule has 0 aromatic carbocycles. The highest BCUT2D eigenvalue weighted by Crippen LogP contribution is 1.56. The SMILES string of the molecule is C/N=C\COC. The summed E-state index contributed by atoms with van der Waals surface area (Å²) in [5, 5.41) is 0. The van der Waals surface area contributed by atoms with Crippen LogP contribution in [0.15, 0.2) is 4.99 Å². The number of ether oxygens (including phenoxy) is 1. The molecule has 0 radical (unpaired) electrons. The quantitative estimate of drug-likeness (QED) is 0.445. The smallest absolute Gasteiger partial charge is 0.0810 e. The predicted molar refractivity (Wildman–Crippen MR) is 26.3 cm³/mol. The van der Waals surface area contributed by atoms with Gasteiger partial charge in [-0.05, 0) is 0 Å². The third kappa shape index (κ3) is 3.63. The van der Waals surface area contributed by atoms with E-state index >= 15 is 0 Å². The number of nitrogens with zero attached hydrogens (tertiary/aromatic N) is 1. The monoisotopic (exact) mass is 87.1 g/mol. The van der Waals surface area contributed by atoms with Gasteiger partial charge in [0, 0.05) is 20.4 Å². The third-order valence-electron chi connectivity index (χ3n) is 0.424. The van der Waals surface area contributed by atoms with Crippen LogP contribution < -0.4 is 0 Å². The van der Waals surface area contributed by atoms with Crippen molar-refractivity contribution < 1.29 is 4.74 Å². The van der Waals surface area contributed by atoms with E-state index in [0.717, 1.165) is 0 Å². The maximum atomic E-state index is 4.63. The van der Waals surface area contributed by atoms with E-state index in [1.165, 1.54) is 0 Å². The Balaban J connectivity index is 2.66. The zero-order chi connectivity index (χ0) is 4.83. The van der Waals surface area contributed by atoms with E-state index in [1.54, 1.807) is 20.4 Å². The Hall–Kier alpha value is -0.370. The summed E-state index contributed by atoms with van der Waals surface area (Å²) in [6, 6.07) is 0. The Bertz CT molecular complexity index is 42.8. The minimum absolute atomic E-state index is 0.622. The van der Waals surface area contributed by atoms with Crippen molar-refractivity contribution in [2.75, 3.05) is 20.8 Å². The summed E-state index contributed by atoms with van der Waals surface area (Å²) in [5.74, 6) is 0. The van der Waals surface area contributed by atoms with Crippen LogP contribution in [-0.4, -0.2) is 27.0 Å². The molecule has 0 bridgehead atoms. The molecule has 0 aliphatic carbocycles. The van der Waals surface area contributed by atoms with Gasteiger partial charge in [-0.1, -0.05) is 0 Å². The first-order valence-corrected chi connectivity index (χ1v) is 1.81.